The van der Waals surface area contributed by atoms with Crippen LogP contribution in [-0.2, 0) is 15.1 Å². The summed E-state index contributed by atoms with van der Waals surface area (Å²) >= 11 is 0. The number of imide groups is 1. The molecule has 170 valence electrons. The summed E-state index contributed by atoms with van der Waals surface area (Å²) < 4.78 is 42.6. The summed E-state index contributed by atoms with van der Waals surface area (Å²) in [5.41, 5.74) is -1.33. The number of hydrogen-bond donors (Lipinski definition) is 2. The van der Waals surface area contributed by atoms with Crippen LogP contribution in [-0.4, -0.2) is 50.6 Å². The predicted octanol–water partition coefficient (Wildman–Crippen LogP) is 2.40. The molecule has 3 rings (SSSR count). The molecule has 11 heteroatoms. The standard InChI is InChI=1S/C21H21F2N3O6/c1-21(11-5-6-13(22)14(23)7-11)19(28)26(20(29)25-21)10-17(27)24-12-8-15(30-2)18(32-4)16(9-12)31-3/h5-9H,10H2,1-4H3,(H,24,27)(H,25,29). The summed E-state index contributed by atoms with van der Waals surface area (Å²) in [7, 11) is 4.25. The van der Waals surface area contributed by atoms with Gasteiger partial charge >= 0.3 is 6.03 Å². The van der Waals surface area contributed by atoms with Crippen LogP contribution in [0.5, 0.6) is 17.2 Å². The number of rotatable bonds is 7. The smallest absolute Gasteiger partial charge is 0.325 e. The molecule has 1 unspecified atom stereocenters. The highest BCUT2D eigenvalue weighted by atomic mass is 19.2. The molecule has 2 aromatic carbocycles. The average Bonchev–Trinajstić information content (AvgIpc) is 2.98. The van der Waals surface area contributed by atoms with Gasteiger partial charge in [0, 0.05) is 17.8 Å². The van der Waals surface area contributed by atoms with Gasteiger partial charge in [-0.1, -0.05) is 6.07 Å². The molecular weight excluding hydrogens is 428 g/mol. The van der Waals surface area contributed by atoms with Crippen LogP contribution in [0.25, 0.3) is 0 Å². The first kappa shape index (κ1) is 22.8. The molecule has 1 aliphatic heterocycles. The molecule has 0 aliphatic carbocycles. The Morgan fingerprint density at radius 3 is 2.19 bits per heavy atom. The number of urea groups is 1. The van der Waals surface area contributed by atoms with Gasteiger partial charge in [-0.3, -0.25) is 14.5 Å². The van der Waals surface area contributed by atoms with Crippen LogP contribution in [0.2, 0.25) is 0 Å². The number of carbonyl (C=O) groups excluding carboxylic acids is 3. The van der Waals surface area contributed by atoms with Gasteiger partial charge in [-0.2, -0.15) is 0 Å². The maximum absolute atomic E-state index is 13.6. The van der Waals surface area contributed by atoms with Gasteiger partial charge in [-0.15, -0.1) is 0 Å². The quantitative estimate of drug-likeness (QED) is 0.629. The van der Waals surface area contributed by atoms with Crippen LogP contribution >= 0.6 is 0 Å². The zero-order chi connectivity index (χ0) is 23.6. The monoisotopic (exact) mass is 449 g/mol. The van der Waals surface area contributed by atoms with Gasteiger partial charge in [0.25, 0.3) is 5.91 Å². The topological polar surface area (TPSA) is 106 Å². The van der Waals surface area contributed by atoms with E-state index in [0.717, 1.165) is 12.1 Å². The highest BCUT2D eigenvalue weighted by Crippen LogP contribution is 2.40. The van der Waals surface area contributed by atoms with E-state index in [1.807, 2.05) is 0 Å². The van der Waals surface area contributed by atoms with Gasteiger partial charge in [0.05, 0.1) is 21.3 Å². The van der Waals surface area contributed by atoms with Crippen molar-refractivity contribution in [2.75, 3.05) is 33.2 Å². The summed E-state index contributed by atoms with van der Waals surface area (Å²) in [6.45, 7) is 0.734. The van der Waals surface area contributed by atoms with E-state index in [1.165, 1.54) is 46.5 Å². The number of carbonyl (C=O) groups is 3. The molecule has 1 heterocycles. The van der Waals surface area contributed by atoms with Crippen molar-refractivity contribution in [2.45, 2.75) is 12.5 Å². The van der Waals surface area contributed by atoms with Crippen LogP contribution in [0.15, 0.2) is 30.3 Å². The molecule has 2 aromatic rings. The molecule has 0 radical (unpaired) electrons. The number of anilines is 1. The first-order chi connectivity index (χ1) is 15.1. The second-order valence-electron chi connectivity index (χ2n) is 7.04. The minimum Gasteiger partial charge on any atom is -0.493 e. The lowest BCUT2D eigenvalue weighted by Crippen LogP contribution is -2.42. The third kappa shape index (κ3) is 4.01. The molecule has 0 aromatic heterocycles. The lowest BCUT2D eigenvalue weighted by Gasteiger charge is -2.22. The number of hydrogen-bond acceptors (Lipinski definition) is 6. The zero-order valence-electron chi connectivity index (χ0n) is 17.7. The number of amides is 4. The van der Waals surface area contributed by atoms with Crippen molar-refractivity contribution in [1.82, 2.24) is 10.2 Å². The molecule has 2 N–H and O–H groups in total. The predicted molar refractivity (Wildman–Crippen MR) is 109 cm³/mol. The molecule has 1 saturated heterocycles. The number of nitrogens with zero attached hydrogens (tertiary/aromatic N) is 1. The average molecular weight is 449 g/mol. The minimum absolute atomic E-state index is 0.0438. The first-order valence-electron chi connectivity index (χ1n) is 9.34. The second kappa shape index (κ2) is 8.69. The van der Waals surface area contributed by atoms with Crippen molar-refractivity contribution in [2.24, 2.45) is 0 Å². The van der Waals surface area contributed by atoms with Gasteiger partial charge in [-0.05, 0) is 24.6 Å². The Hall–Kier alpha value is -3.89. The second-order valence-corrected chi connectivity index (χ2v) is 7.04. The molecule has 0 bridgehead atoms. The molecular formula is C21H21F2N3O6. The van der Waals surface area contributed by atoms with Crippen molar-refractivity contribution in [3.63, 3.8) is 0 Å². The van der Waals surface area contributed by atoms with E-state index >= 15 is 0 Å². The minimum atomic E-state index is -1.65. The largest absolute Gasteiger partial charge is 0.493 e. The molecule has 32 heavy (non-hydrogen) atoms. The van der Waals surface area contributed by atoms with E-state index in [-0.39, 0.29) is 11.3 Å². The third-order valence-corrected chi connectivity index (χ3v) is 5.02. The van der Waals surface area contributed by atoms with Crippen molar-refractivity contribution < 1.29 is 37.4 Å². The zero-order valence-corrected chi connectivity index (χ0v) is 17.7. The highest BCUT2D eigenvalue weighted by molar-refractivity contribution is 6.10. The Kier molecular flexibility index (Phi) is 6.19. The molecule has 1 atom stereocenters. The number of methoxy groups -OCH3 is 3. The maximum Gasteiger partial charge on any atom is 0.325 e. The fourth-order valence-electron chi connectivity index (χ4n) is 3.34. The van der Waals surface area contributed by atoms with Crippen LogP contribution < -0.4 is 24.8 Å². The number of ether oxygens (including phenoxy) is 3. The van der Waals surface area contributed by atoms with E-state index in [9.17, 15) is 23.2 Å². The van der Waals surface area contributed by atoms with Crippen LogP contribution in [0.4, 0.5) is 19.3 Å². The Morgan fingerprint density at radius 1 is 1.03 bits per heavy atom. The Labute approximate surface area is 182 Å². The summed E-state index contributed by atoms with van der Waals surface area (Å²) in [4.78, 5) is 38.5. The summed E-state index contributed by atoms with van der Waals surface area (Å²) in [5, 5.41) is 4.98. The number of nitrogens with one attached hydrogen (secondary N) is 2. The van der Waals surface area contributed by atoms with Crippen LogP contribution in [0.3, 0.4) is 0 Å². The van der Waals surface area contributed by atoms with E-state index in [4.69, 9.17) is 14.2 Å². The van der Waals surface area contributed by atoms with Crippen LogP contribution in [0.1, 0.15) is 12.5 Å². The third-order valence-electron chi connectivity index (χ3n) is 5.02. The van der Waals surface area contributed by atoms with Gasteiger partial charge in [0.1, 0.15) is 12.1 Å². The highest BCUT2D eigenvalue weighted by Gasteiger charge is 2.49. The van der Waals surface area contributed by atoms with Crippen molar-refractivity contribution >= 4 is 23.5 Å². The maximum atomic E-state index is 13.6. The van der Waals surface area contributed by atoms with E-state index in [1.54, 1.807) is 0 Å². The SMILES string of the molecule is COc1cc(NC(=O)CN2C(=O)NC(C)(c3ccc(F)c(F)c3)C2=O)cc(OC)c1OC. The van der Waals surface area contributed by atoms with E-state index < -0.39 is 41.6 Å². The van der Waals surface area contributed by atoms with Gasteiger partial charge in [0.2, 0.25) is 11.7 Å². The fourth-order valence-corrected chi connectivity index (χ4v) is 3.34. The summed E-state index contributed by atoms with van der Waals surface area (Å²) in [6, 6.07) is 4.99. The Bertz CT molecular complexity index is 1070. The van der Waals surface area contributed by atoms with Crippen molar-refractivity contribution in [1.29, 1.82) is 0 Å². The number of halogens is 2. The molecule has 1 fully saturated rings. The summed E-state index contributed by atoms with van der Waals surface area (Å²) in [5.74, 6) is -2.80. The van der Waals surface area contributed by atoms with Gasteiger partial charge in [-0.25, -0.2) is 13.6 Å². The molecule has 9 nitrogen and oxygen atoms in total. The van der Waals surface area contributed by atoms with Crippen LogP contribution in [0, 0.1) is 11.6 Å². The van der Waals surface area contributed by atoms with Gasteiger partial charge in [0.15, 0.2) is 23.1 Å². The normalized spacial score (nSPS) is 17.8. The summed E-state index contributed by atoms with van der Waals surface area (Å²) in [6.07, 6.45) is 0. The Balaban J connectivity index is 1.79. The molecule has 0 saturated carbocycles. The Morgan fingerprint density at radius 2 is 1.66 bits per heavy atom. The van der Waals surface area contributed by atoms with E-state index in [0.29, 0.717) is 22.1 Å². The van der Waals surface area contributed by atoms with E-state index in [2.05, 4.69) is 10.6 Å². The van der Waals surface area contributed by atoms with Gasteiger partial charge < -0.3 is 24.8 Å². The lowest BCUT2D eigenvalue weighted by molar-refractivity contribution is -0.133. The van der Waals surface area contributed by atoms with Crippen molar-refractivity contribution in [3.8, 4) is 17.2 Å². The van der Waals surface area contributed by atoms with Crippen molar-refractivity contribution in [3.05, 3.63) is 47.5 Å². The number of benzene rings is 2. The fraction of sp³-hybridized carbons (Fsp3) is 0.286. The lowest BCUT2D eigenvalue weighted by atomic mass is 9.92. The first-order valence-corrected chi connectivity index (χ1v) is 9.34. The molecule has 1 aliphatic rings. The molecule has 4 amide bonds. The molecule has 0 spiro atoms.